The molecule has 2 unspecified atom stereocenters. The van der Waals surface area contributed by atoms with Gasteiger partial charge in [0.1, 0.15) is 0 Å². The maximum absolute atomic E-state index is 10.9. The van der Waals surface area contributed by atoms with Crippen molar-refractivity contribution in [1.82, 2.24) is 5.32 Å². The van der Waals surface area contributed by atoms with Crippen LogP contribution in [-0.4, -0.2) is 23.7 Å². The second-order valence-electron chi connectivity index (χ2n) is 6.16. The lowest BCUT2D eigenvalue weighted by molar-refractivity contribution is -0.143. The van der Waals surface area contributed by atoms with Crippen LogP contribution in [0.3, 0.4) is 0 Å². The minimum absolute atomic E-state index is 0.124. The molecule has 1 aliphatic rings. The first-order chi connectivity index (χ1) is 7.38. The highest BCUT2D eigenvalue weighted by atomic mass is 16.4. The van der Waals surface area contributed by atoms with Crippen molar-refractivity contribution < 1.29 is 9.90 Å². The van der Waals surface area contributed by atoms with Crippen LogP contribution in [0.1, 0.15) is 52.9 Å². The zero-order valence-corrected chi connectivity index (χ0v) is 10.8. The van der Waals surface area contributed by atoms with E-state index < -0.39 is 5.97 Å². The first-order valence-corrected chi connectivity index (χ1v) is 6.35. The Hall–Kier alpha value is -0.570. The van der Waals surface area contributed by atoms with Gasteiger partial charge in [-0.3, -0.25) is 4.79 Å². The Morgan fingerprint density at radius 2 is 2.06 bits per heavy atom. The van der Waals surface area contributed by atoms with E-state index in [-0.39, 0.29) is 5.92 Å². The molecule has 0 bridgehead atoms. The Morgan fingerprint density at radius 3 is 2.62 bits per heavy atom. The van der Waals surface area contributed by atoms with Gasteiger partial charge in [0, 0.05) is 6.04 Å². The van der Waals surface area contributed by atoms with Crippen molar-refractivity contribution in [3.05, 3.63) is 0 Å². The van der Waals surface area contributed by atoms with Crippen molar-refractivity contribution in [2.24, 2.45) is 11.3 Å². The summed E-state index contributed by atoms with van der Waals surface area (Å²) in [5.74, 6) is -0.747. The van der Waals surface area contributed by atoms with Crippen LogP contribution in [0, 0.1) is 11.3 Å². The summed E-state index contributed by atoms with van der Waals surface area (Å²) in [5.41, 5.74) is 0.355. The zero-order valence-electron chi connectivity index (χ0n) is 10.8. The number of rotatable bonds is 4. The molecule has 3 heteroatoms. The quantitative estimate of drug-likeness (QED) is 0.776. The minimum atomic E-state index is -0.623. The van der Waals surface area contributed by atoms with E-state index in [0.717, 1.165) is 38.6 Å². The summed E-state index contributed by atoms with van der Waals surface area (Å²) in [5, 5.41) is 12.5. The molecule has 94 valence electrons. The van der Waals surface area contributed by atoms with Gasteiger partial charge in [0.25, 0.3) is 0 Å². The summed E-state index contributed by atoms with van der Waals surface area (Å²) in [6.07, 6.45) is 4.98. The molecular formula is C13H25NO2. The maximum atomic E-state index is 10.9. The van der Waals surface area contributed by atoms with Crippen molar-refractivity contribution in [2.45, 2.75) is 58.9 Å². The average molecular weight is 227 g/mol. The molecule has 0 heterocycles. The molecule has 0 spiro atoms. The highest BCUT2D eigenvalue weighted by Gasteiger charge is 2.26. The molecule has 0 aliphatic heterocycles. The van der Waals surface area contributed by atoms with E-state index >= 15 is 0 Å². The Labute approximate surface area is 98.6 Å². The van der Waals surface area contributed by atoms with Crippen LogP contribution >= 0.6 is 0 Å². The van der Waals surface area contributed by atoms with E-state index in [0.29, 0.717) is 11.5 Å². The van der Waals surface area contributed by atoms with Gasteiger partial charge < -0.3 is 10.4 Å². The molecular weight excluding hydrogens is 202 g/mol. The van der Waals surface area contributed by atoms with Crippen LogP contribution < -0.4 is 5.32 Å². The van der Waals surface area contributed by atoms with Gasteiger partial charge in [-0.15, -0.1) is 0 Å². The maximum Gasteiger partial charge on any atom is 0.306 e. The summed E-state index contributed by atoms with van der Waals surface area (Å²) in [6.45, 7) is 7.70. The van der Waals surface area contributed by atoms with E-state index in [1.807, 2.05) is 0 Å². The summed E-state index contributed by atoms with van der Waals surface area (Å²) in [6, 6.07) is 0.414. The summed E-state index contributed by atoms with van der Waals surface area (Å²) >= 11 is 0. The van der Waals surface area contributed by atoms with E-state index in [2.05, 4.69) is 26.1 Å². The van der Waals surface area contributed by atoms with Crippen LogP contribution in [0.2, 0.25) is 0 Å². The molecule has 3 nitrogen and oxygen atoms in total. The molecule has 2 N–H and O–H groups in total. The number of carbonyl (C=O) groups is 1. The third-order valence-corrected chi connectivity index (χ3v) is 3.33. The van der Waals surface area contributed by atoms with Crippen molar-refractivity contribution in [3.8, 4) is 0 Å². The van der Waals surface area contributed by atoms with Crippen LogP contribution in [0.15, 0.2) is 0 Å². The normalized spacial score (nSPS) is 26.7. The minimum Gasteiger partial charge on any atom is -0.481 e. The SMILES string of the molecule is CC(C)(C)CCNC1CCCC(C(=O)O)C1. The van der Waals surface area contributed by atoms with E-state index in [1.54, 1.807) is 0 Å². The lowest BCUT2D eigenvalue weighted by Gasteiger charge is -2.28. The fourth-order valence-corrected chi connectivity index (χ4v) is 2.25. The topological polar surface area (TPSA) is 49.3 Å². The van der Waals surface area contributed by atoms with Gasteiger partial charge in [-0.1, -0.05) is 27.2 Å². The molecule has 1 fully saturated rings. The fourth-order valence-electron chi connectivity index (χ4n) is 2.25. The van der Waals surface area contributed by atoms with Crippen molar-refractivity contribution in [2.75, 3.05) is 6.54 Å². The van der Waals surface area contributed by atoms with Crippen LogP contribution in [-0.2, 0) is 4.79 Å². The number of aliphatic carboxylic acids is 1. The van der Waals surface area contributed by atoms with Gasteiger partial charge in [-0.05, 0) is 37.6 Å². The Morgan fingerprint density at radius 1 is 1.38 bits per heavy atom. The van der Waals surface area contributed by atoms with Gasteiger partial charge in [-0.25, -0.2) is 0 Å². The summed E-state index contributed by atoms with van der Waals surface area (Å²) in [4.78, 5) is 10.9. The highest BCUT2D eigenvalue weighted by molar-refractivity contribution is 5.70. The highest BCUT2D eigenvalue weighted by Crippen LogP contribution is 2.25. The molecule has 0 aromatic carbocycles. The van der Waals surface area contributed by atoms with Crippen LogP contribution in [0.4, 0.5) is 0 Å². The molecule has 2 atom stereocenters. The average Bonchev–Trinajstić information content (AvgIpc) is 2.16. The van der Waals surface area contributed by atoms with Crippen molar-refractivity contribution in [3.63, 3.8) is 0 Å². The van der Waals surface area contributed by atoms with Gasteiger partial charge >= 0.3 is 5.97 Å². The Kier molecular flexibility index (Phi) is 4.78. The lowest BCUT2D eigenvalue weighted by Crippen LogP contribution is -2.37. The molecule has 0 aromatic heterocycles. The van der Waals surface area contributed by atoms with Crippen molar-refractivity contribution >= 4 is 5.97 Å². The summed E-state index contributed by atoms with van der Waals surface area (Å²) in [7, 11) is 0. The zero-order chi connectivity index (χ0) is 12.2. The van der Waals surface area contributed by atoms with Gasteiger partial charge in [-0.2, -0.15) is 0 Å². The molecule has 0 saturated heterocycles. The predicted octanol–water partition coefficient (Wildman–Crippen LogP) is 2.66. The summed E-state index contributed by atoms with van der Waals surface area (Å²) < 4.78 is 0. The van der Waals surface area contributed by atoms with Crippen LogP contribution in [0.5, 0.6) is 0 Å². The smallest absolute Gasteiger partial charge is 0.306 e. The largest absolute Gasteiger partial charge is 0.481 e. The van der Waals surface area contributed by atoms with E-state index in [9.17, 15) is 4.79 Å². The van der Waals surface area contributed by atoms with Gasteiger partial charge in [0.15, 0.2) is 0 Å². The molecule has 0 amide bonds. The molecule has 1 aliphatic carbocycles. The molecule has 1 rings (SSSR count). The number of hydrogen-bond donors (Lipinski definition) is 2. The Bertz CT molecular complexity index is 233. The number of carboxylic acid groups (broad SMARTS) is 1. The van der Waals surface area contributed by atoms with Gasteiger partial charge in [0.2, 0.25) is 0 Å². The second kappa shape index (κ2) is 5.67. The molecule has 0 radical (unpaired) electrons. The lowest BCUT2D eigenvalue weighted by atomic mass is 9.85. The van der Waals surface area contributed by atoms with E-state index in [4.69, 9.17) is 5.11 Å². The fraction of sp³-hybridized carbons (Fsp3) is 0.923. The first-order valence-electron chi connectivity index (χ1n) is 6.35. The molecule has 0 aromatic rings. The number of hydrogen-bond acceptors (Lipinski definition) is 2. The molecule has 16 heavy (non-hydrogen) atoms. The third kappa shape index (κ3) is 4.97. The number of carboxylic acids is 1. The number of nitrogens with one attached hydrogen (secondary N) is 1. The van der Waals surface area contributed by atoms with Gasteiger partial charge in [0.05, 0.1) is 5.92 Å². The Balaban J connectivity index is 2.24. The van der Waals surface area contributed by atoms with Crippen LogP contribution in [0.25, 0.3) is 0 Å². The molecule has 1 saturated carbocycles. The predicted molar refractivity (Wildman–Crippen MR) is 65.5 cm³/mol. The standard InChI is InChI=1S/C13H25NO2/c1-13(2,3)7-8-14-11-6-4-5-10(9-11)12(15)16/h10-11,14H,4-9H2,1-3H3,(H,15,16). The van der Waals surface area contributed by atoms with E-state index in [1.165, 1.54) is 0 Å². The van der Waals surface area contributed by atoms with Crippen molar-refractivity contribution in [1.29, 1.82) is 0 Å². The monoisotopic (exact) mass is 227 g/mol. The second-order valence-corrected chi connectivity index (χ2v) is 6.16. The third-order valence-electron chi connectivity index (χ3n) is 3.33. The first kappa shape index (κ1) is 13.5.